The Kier molecular flexibility index (Phi) is 11.6. The van der Waals surface area contributed by atoms with E-state index in [1.807, 2.05) is 38.1 Å². The number of nitrogens with one attached hydrogen (secondary N) is 2. The first-order chi connectivity index (χ1) is 11.5. The third-order valence-electron chi connectivity index (χ3n) is 3.44. The third kappa shape index (κ3) is 8.72. The fourth-order valence-corrected chi connectivity index (χ4v) is 1.87. The SMILES string of the molecule is COCCOc1ccccc1CNC(=O)CNC(=O)[C@@H](N)C(C)C.Cl. The molecular formula is C17H28ClN3O4. The Morgan fingerprint density at radius 1 is 1.16 bits per heavy atom. The highest BCUT2D eigenvalue weighted by atomic mass is 35.5. The molecule has 0 radical (unpaired) electrons. The summed E-state index contributed by atoms with van der Waals surface area (Å²) in [6, 6.07) is 6.82. The minimum absolute atomic E-state index is 0. The third-order valence-corrected chi connectivity index (χ3v) is 3.44. The first-order valence-electron chi connectivity index (χ1n) is 7.95. The van der Waals surface area contributed by atoms with Crippen molar-refractivity contribution in [3.8, 4) is 5.75 Å². The average molecular weight is 374 g/mol. The Labute approximate surface area is 155 Å². The van der Waals surface area contributed by atoms with E-state index in [2.05, 4.69) is 10.6 Å². The zero-order valence-corrected chi connectivity index (χ0v) is 15.7. The van der Waals surface area contributed by atoms with Crippen LogP contribution in [0.5, 0.6) is 5.75 Å². The number of nitrogens with two attached hydrogens (primary N) is 1. The first kappa shape index (κ1) is 23.2. The van der Waals surface area contributed by atoms with Crippen molar-refractivity contribution in [2.75, 3.05) is 26.9 Å². The summed E-state index contributed by atoms with van der Waals surface area (Å²) in [4.78, 5) is 23.6. The lowest BCUT2D eigenvalue weighted by molar-refractivity contribution is -0.127. The number of para-hydroxylation sites is 1. The van der Waals surface area contributed by atoms with Gasteiger partial charge in [0.2, 0.25) is 11.8 Å². The summed E-state index contributed by atoms with van der Waals surface area (Å²) in [5, 5.41) is 5.28. The van der Waals surface area contributed by atoms with Crippen LogP contribution in [-0.2, 0) is 20.9 Å². The van der Waals surface area contributed by atoms with Crippen LogP contribution >= 0.6 is 12.4 Å². The predicted molar refractivity (Wildman–Crippen MR) is 98.7 cm³/mol. The van der Waals surface area contributed by atoms with Gasteiger partial charge in [0.25, 0.3) is 0 Å². The topological polar surface area (TPSA) is 103 Å². The molecule has 0 unspecified atom stereocenters. The lowest BCUT2D eigenvalue weighted by Gasteiger charge is -2.15. The lowest BCUT2D eigenvalue weighted by atomic mass is 10.1. The molecule has 8 heteroatoms. The van der Waals surface area contributed by atoms with Gasteiger partial charge < -0.3 is 25.8 Å². The molecule has 0 aliphatic carbocycles. The number of hydrogen-bond acceptors (Lipinski definition) is 5. The minimum Gasteiger partial charge on any atom is -0.491 e. The van der Waals surface area contributed by atoms with Crippen LogP contribution in [0.2, 0.25) is 0 Å². The van der Waals surface area contributed by atoms with Gasteiger partial charge in [0.1, 0.15) is 12.4 Å². The molecule has 25 heavy (non-hydrogen) atoms. The van der Waals surface area contributed by atoms with Crippen LogP contribution in [0.25, 0.3) is 0 Å². The maximum absolute atomic E-state index is 11.9. The maximum Gasteiger partial charge on any atom is 0.239 e. The van der Waals surface area contributed by atoms with Crippen LogP contribution in [0.4, 0.5) is 0 Å². The van der Waals surface area contributed by atoms with Gasteiger partial charge in [0.05, 0.1) is 19.2 Å². The average Bonchev–Trinajstić information content (AvgIpc) is 2.58. The first-order valence-corrected chi connectivity index (χ1v) is 7.95. The van der Waals surface area contributed by atoms with Crippen LogP contribution in [0.3, 0.4) is 0 Å². The highest BCUT2D eigenvalue weighted by Crippen LogP contribution is 2.17. The zero-order chi connectivity index (χ0) is 17.9. The van der Waals surface area contributed by atoms with E-state index < -0.39 is 6.04 Å². The quantitative estimate of drug-likeness (QED) is 0.527. The molecule has 142 valence electrons. The minimum atomic E-state index is -0.618. The Hall–Kier alpha value is -1.83. The summed E-state index contributed by atoms with van der Waals surface area (Å²) >= 11 is 0. The molecule has 0 aliphatic rings. The van der Waals surface area contributed by atoms with Gasteiger partial charge in [0, 0.05) is 19.2 Å². The number of carbonyl (C=O) groups excluding carboxylic acids is 2. The van der Waals surface area contributed by atoms with Gasteiger partial charge in [-0.25, -0.2) is 0 Å². The molecule has 0 bridgehead atoms. The molecule has 0 saturated heterocycles. The largest absolute Gasteiger partial charge is 0.491 e. The Balaban J connectivity index is 0.00000576. The number of hydrogen-bond donors (Lipinski definition) is 3. The summed E-state index contributed by atoms with van der Waals surface area (Å²) in [6.07, 6.45) is 0. The van der Waals surface area contributed by atoms with E-state index in [0.717, 1.165) is 5.56 Å². The van der Waals surface area contributed by atoms with Gasteiger partial charge in [-0.15, -0.1) is 12.4 Å². The smallest absolute Gasteiger partial charge is 0.239 e. The van der Waals surface area contributed by atoms with Crippen LogP contribution in [0.15, 0.2) is 24.3 Å². The summed E-state index contributed by atoms with van der Waals surface area (Å²) in [7, 11) is 1.61. The fraction of sp³-hybridized carbons (Fsp3) is 0.529. The number of rotatable bonds is 10. The molecule has 2 amide bonds. The molecular weight excluding hydrogens is 346 g/mol. The molecule has 1 rings (SSSR count). The van der Waals surface area contributed by atoms with Gasteiger partial charge in [-0.3, -0.25) is 9.59 Å². The molecule has 0 heterocycles. The number of ether oxygens (including phenoxy) is 2. The Morgan fingerprint density at radius 2 is 1.84 bits per heavy atom. The number of amides is 2. The lowest BCUT2D eigenvalue weighted by Crippen LogP contribution is -2.47. The Bertz CT molecular complexity index is 540. The fourth-order valence-electron chi connectivity index (χ4n) is 1.87. The van der Waals surface area contributed by atoms with Gasteiger partial charge in [-0.1, -0.05) is 32.0 Å². The number of methoxy groups -OCH3 is 1. The van der Waals surface area contributed by atoms with Crippen molar-refractivity contribution >= 4 is 24.2 Å². The molecule has 0 spiro atoms. The molecule has 0 aliphatic heterocycles. The zero-order valence-electron chi connectivity index (χ0n) is 14.9. The Morgan fingerprint density at radius 3 is 2.48 bits per heavy atom. The highest BCUT2D eigenvalue weighted by molar-refractivity contribution is 5.87. The molecule has 1 atom stereocenters. The van der Waals surface area contributed by atoms with E-state index >= 15 is 0 Å². The standard InChI is InChI=1S/C17H27N3O4.ClH/c1-12(2)16(18)17(22)20-11-15(21)19-10-13-6-4-5-7-14(13)24-9-8-23-3;/h4-7,12,16H,8-11,18H2,1-3H3,(H,19,21)(H,20,22);1H/t16-;/m0./s1. The van der Waals surface area contributed by atoms with E-state index in [-0.39, 0.29) is 36.7 Å². The molecule has 0 fully saturated rings. The maximum atomic E-state index is 11.9. The molecule has 1 aromatic carbocycles. The summed E-state index contributed by atoms with van der Waals surface area (Å²) < 4.78 is 10.6. The van der Waals surface area contributed by atoms with Gasteiger partial charge in [-0.05, 0) is 12.0 Å². The number of halogens is 1. The molecule has 7 nitrogen and oxygen atoms in total. The second-order valence-electron chi connectivity index (χ2n) is 5.71. The van der Waals surface area contributed by atoms with Crippen molar-refractivity contribution in [3.63, 3.8) is 0 Å². The second-order valence-corrected chi connectivity index (χ2v) is 5.71. The monoisotopic (exact) mass is 373 g/mol. The van der Waals surface area contributed by atoms with Crippen LogP contribution in [-0.4, -0.2) is 44.7 Å². The van der Waals surface area contributed by atoms with Crippen LogP contribution in [0.1, 0.15) is 19.4 Å². The van der Waals surface area contributed by atoms with Crippen molar-refractivity contribution in [2.45, 2.75) is 26.4 Å². The highest BCUT2D eigenvalue weighted by Gasteiger charge is 2.17. The van der Waals surface area contributed by atoms with Crippen LogP contribution in [0, 0.1) is 5.92 Å². The van der Waals surface area contributed by atoms with Crippen molar-refractivity contribution in [2.24, 2.45) is 11.7 Å². The van der Waals surface area contributed by atoms with E-state index in [4.69, 9.17) is 15.2 Å². The van der Waals surface area contributed by atoms with Crippen molar-refractivity contribution in [1.29, 1.82) is 0 Å². The van der Waals surface area contributed by atoms with E-state index in [1.54, 1.807) is 7.11 Å². The molecule has 0 saturated carbocycles. The summed E-state index contributed by atoms with van der Waals surface area (Å²) in [5.41, 5.74) is 6.57. The van der Waals surface area contributed by atoms with E-state index in [1.165, 1.54) is 0 Å². The predicted octanol–water partition coefficient (Wildman–Crippen LogP) is 0.849. The summed E-state index contributed by atoms with van der Waals surface area (Å²) in [5.74, 6) is 0.0966. The van der Waals surface area contributed by atoms with Crippen molar-refractivity contribution in [1.82, 2.24) is 10.6 Å². The molecule has 4 N–H and O–H groups in total. The molecule has 1 aromatic rings. The molecule has 0 aromatic heterocycles. The second kappa shape index (κ2) is 12.5. The number of carbonyl (C=O) groups is 2. The van der Waals surface area contributed by atoms with Crippen molar-refractivity contribution < 1.29 is 19.1 Å². The van der Waals surface area contributed by atoms with Crippen molar-refractivity contribution in [3.05, 3.63) is 29.8 Å². The normalized spacial score (nSPS) is 11.4. The van der Waals surface area contributed by atoms with Crippen LogP contribution < -0.4 is 21.1 Å². The van der Waals surface area contributed by atoms with Gasteiger partial charge in [0.15, 0.2) is 0 Å². The summed E-state index contributed by atoms with van der Waals surface area (Å²) in [6.45, 7) is 4.84. The van der Waals surface area contributed by atoms with Gasteiger partial charge >= 0.3 is 0 Å². The van der Waals surface area contributed by atoms with E-state index in [0.29, 0.717) is 25.5 Å². The van der Waals surface area contributed by atoms with Gasteiger partial charge in [-0.2, -0.15) is 0 Å². The number of benzene rings is 1. The van der Waals surface area contributed by atoms with E-state index in [9.17, 15) is 9.59 Å².